The maximum Gasteiger partial charge on any atom is 0.191 e. The summed E-state index contributed by atoms with van der Waals surface area (Å²) in [4.78, 5) is 4.42. The normalized spacial score (nSPS) is 33.4. The third kappa shape index (κ3) is 3.60. The molecule has 4 heteroatoms. The molecule has 2 heterocycles. The number of guanidine groups is 1. The van der Waals surface area contributed by atoms with E-state index in [4.69, 9.17) is 4.74 Å². The van der Waals surface area contributed by atoms with Crippen LogP contribution in [0.5, 0.6) is 0 Å². The Labute approximate surface area is 104 Å². The van der Waals surface area contributed by atoms with Gasteiger partial charge in [-0.2, -0.15) is 0 Å². The second-order valence-corrected chi connectivity index (χ2v) is 5.66. The summed E-state index contributed by atoms with van der Waals surface area (Å²) in [5.41, 5.74) is 0. The predicted octanol–water partition coefficient (Wildman–Crippen LogP) is 1.37. The van der Waals surface area contributed by atoms with Crippen LogP contribution >= 0.6 is 0 Å². The fourth-order valence-corrected chi connectivity index (χ4v) is 2.45. The van der Waals surface area contributed by atoms with Crippen molar-refractivity contribution in [3.05, 3.63) is 0 Å². The highest BCUT2D eigenvalue weighted by Gasteiger charge is 2.25. The lowest BCUT2D eigenvalue weighted by Gasteiger charge is -2.32. The number of aliphatic imine (C=N–C) groups is 1. The van der Waals surface area contributed by atoms with Gasteiger partial charge in [-0.25, -0.2) is 0 Å². The van der Waals surface area contributed by atoms with Crippen LogP contribution < -0.4 is 10.6 Å². The lowest BCUT2D eigenvalue weighted by molar-refractivity contribution is -0.0329. The lowest BCUT2D eigenvalue weighted by Crippen LogP contribution is -2.42. The molecule has 17 heavy (non-hydrogen) atoms. The molecule has 0 aliphatic carbocycles. The van der Waals surface area contributed by atoms with Crippen LogP contribution in [-0.4, -0.2) is 37.8 Å². The molecule has 4 nitrogen and oxygen atoms in total. The topological polar surface area (TPSA) is 45.7 Å². The summed E-state index contributed by atoms with van der Waals surface area (Å²) < 4.78 is 5.78. The first-order valence-electron chi connectivity index (χ1n) is 6.81. The number of nitrogens with one attached hydrogen (secondary N) is 2. The van der Waals surface area contributed by atoms with Crippen molar-refractivity contribution in [2.45, 2.75) is 45.8 Å². The summed E-state index contributed by atoms with van der Waals surface area (Å²) in [6, 6.07) is 0.482. The third-order valence-electron chi connectivity index (χ3n) is 3.63. The number of hydrogen-bond acceptors (Lipinski definition) is 4. The van der Waals surface area contributed by atoms with Gasteiger partial charge in [-0.05, 0) is 31.6 Å². The zero-order chi connectivity index (χ0) is 12.3. The van der Waals surface area contributed by atoms with Gasteiger partial charge in [0.2, 0.25) is 0 Å². The molecule has 2 aliphatic rings. The lowest BCUT2D eigenvalue weighted by atomic mass is 9.90. The summed E-state index contributed by atoms with van der Waals surface area (Å²) >= 11 is 0. The monoisotopic (exact) mass is 239 g/mol. The SMILES string of the molecule is CC1CN=C(NCC2CCOC(C(C)C)C2)N1. The van der Waals surface area contributed by atoms with Crippen molar-refractivity contribution in [2.24, 2.45) is 16.8 Å². The summed E-state index contributed by atoms with van der Waals surface area (Å²) in [6.07, 6.45) is 2.78. The van der Waals surface area contributed by atoms with Crippen LogP contribution in [0.3, 0.4) is 0 Å². The fraction of sp³-hybridized carbons (Fsp3) is 0.923. The van der Waals surface area contributed by atoms with Gasteiger partial charge in [-0.15, -0.1) is 0 Å². The Morgan fingerprint density at radius 1 is 1.53 bits per heavy atom. The van der Waals surface area contributed by atoms with E-state index in [0.29, 0.717) is 18.1 Å². The van der Waals surface area contributed by atoms with E-state index in [1.807, 2.05) is 0 Å². The summed E-state index contributed by atoms with van der Waals surface area (Å²) in [5.74, 6) is 2.32. The Morgan fingerprint density at radius 2 is 2.35 bits per heavy atom. The molecule has 2 aliphatic heterocycles. The molecule has 1 saturated heterocycles. The van der Waals surface area contributed by atoms with Gasteiger partial charge in [0.15, 0.2) is 5.96 Å². The van der Waals surface area contributed by atoms with E-state index in [1.165, 1.54) is 12.8 Å². The highest BCUT2D eigenvalue weighted by atomic mass is 16.5. The molecule has 1 fully saturated rings. The molecule has 2 rings (SSSR count). The minimum atomic E-state index is 0.438. The molecule has 0 saturated carbocycles. The molecule has 0 bridgehead atoms. The molecule has 98 valence electrons. The second-order valence-electron chi connectivity index (χ2n) is 5.66. The average molecular weight is 239 g/mol. The zero-order valence-electron chi connectivity index (χ0n) is 11.2. The van der Waals surface area contributed by atoms with E-state index in [9.17, 15) is 0 Å². The van der Waals surface area contributed by atoms with Gasteiger partial charge in [0, 0.05) is 19.2 Å². The van der Waals surface area contributed by atoms with Gasteiger partial charge in [-0.3, -0.25) is 4.99 Å². The van der Waals surface area contributed by atoms with Crippen molar-refractivity contribution in [1.82, 2.24) is 10.6 Å². The number of hydrogen-bond donors (Lipinski definition) is 2. The Hall–Kier alpha value is -0.770. The predicted molar refractivity (Wildman–Crippen MR) is 70.2 cm³/mol. The van der Waals surface area contributed by atoms with Gasteiger partial charge < -0.3 is 15.4 Å². The zero-order valence-corrected chi connectivity index (χ0v) is 11.2. The largest absolute Gasteiger partial charge is 0.378 e. The van der Waals surface area contributed by atoms with Crippen LogP contribution in [0.25, 0.3) is 0 Å². The number of nitrogens with zero attached hydrogens (tertiary/aromatic N) is 1. The Balaban J connectivity index is 1.72. The average Bonchev–Trinajstić information content (AvgIpc) is 2.73. The van der Waals surface area contributed by atoms with E-state index in [1.54, 1.807) is 0 Å². The molecule has 0 amide bonds. The van der Waals surface area contributed by atoms with Crippen molar-refractivity contribution in [3.63, 3.8) is 0 Å². The highest BCUT2D eigenvalue weighted by molar-refractivity contribution is 5.81. The van der Waals surface area contributed by atoms with E-state index < -0.39 is 0 Å². The molecule has 0 aromatic carbocycles. The smallest absolute Gasteiger partial charge is 0.191 e. The van der Waals surface area contributed by atoms with Gasteiger partial charge in [0.25, 0.3) is 0 Å². The highest BCUT2D eigenvalue weighted by Crippen LogP contribution is 2.24. The number of rotatable bonds is 3. The fourth-order valence-electron chi connectivity index (χ4n) is 2.45. The van der Waals surface area contributed by atoms with Crippen LogP contribution in [0.2, 0.25) is 0 Å². The molecule has 3 atom stereocenters. The molecule has 0 spiro atoms. The first-order chi connectivity index (χ1) is 8.15. The minimum absolute atomic E-state index is 0.438. The molecule has 0 aromatic heterocycles. The summed E-state index contributed by atoms with van der Waals surface area (Å²) in [7, 11) is 0. The van der Waals surface area contributed by atoms with Crippen LogP contribution in [0.4, 0.5) is 0 Å². The van der Waals surface area contributed by atoms with Gasteiger partial charge in [0.05, 0.1) is 12.6 Å². The van der Waals surface area contributed by atoms with E-state index in [2.05, 4.69) is 36.4 Å². The minimum Gasteiger partial charge on any atom is -0.378 e. The van der Waals surface area contributed by atoms with Gasteiger partial charge in [0.1, 0.15) is 0 Å². The molecular formula is C13H25N3O. The molecular weight excluding hydrogens is 214 g/mol. The summed E-state index contributed by atoms with van der Waals surface area (Å²) in [6.45, 7) is 9.46. The maximum absolute atomic E-state index is 5.78. The summed E-state index contributed by atoms with van der Waals surface area (Å²) in [5, 5.41) is 6.76. The Kier molecular flexibility index (Phi) is 4.26. The third-order valence-corrected chi connectivity index (χ3v) is 3.63. The first kappa shape index (κ1) is 12.7. The van der Waals surface area contributed by atoms with Crippen molar-refractivity contribution in [1.29, 1.82) is 0 Å². The van der Waals surface area contributed by atoms with Gasteiger partial charge >= 0.3 is 0 Å². The van der Waals surface area contributed by atoms with Gasteiger partial charge in [-0.1, -0.05) is 13.8 Å². The molecule has 0 aromatic rings. The maximum atomic E-state index is 5.78. The quantitative estimate of drug-likeness (QED) is 0.782. The van der Waals surface area contributed by atoms with Crippen LogP contribution in [-0.2, 0) is 4.74 Å². The van der Waals surface area contributed by atoms with Crippen LogP contribution in [0, 0.1) is 11.8 Å². The molecule has 0 radical (unpaired) electrons. The van der Waals surface area contributed by atoms with E-state index in [-0.39, 0.29) is 0 Å². The Morgan fingerprint density at radius 3 is 3.00 bits per heavy atom. The van der Waals surface area contributed by atoms with Crippen LogP contribution in [0.1, 0.15) is 33.6 Å². The molecule has 3 unspecified atom stereocenters. The van der Waals surface area contributed by atoms with Crippen LogP contribution in [0.15, 0.2) is 4.99 Å². The molecule has 2 N–H and O–H groups in total. The van der Waals surface area contributed by atoms with Crippen molar-refractivity contribution >= 4 is 5.96 Å². The number of ether oxygens (including phenoxy) is 1. The van der Waals surface area contributed by atoms with Crippen molar-refractivity contribution < 1.29 is 4.74 Å². The van der Waals surface area contributed by atoms with E-state index >= 15 is 0 Å². The Bertz CT molecular complexity index is 278. The van der Waals surface area contributed by atoms with Crippen molar-refractivity contribution in [3.8, 4) is 0 Å². The van der Waals surface area contributed by atoms with E-state index in [0.717, 1.165) is 31.6 Å². The standard InChI is InChI=1S/C13H25N3O/c1-9(2)12-6-11(4-5-17-12)8-15-13-14-7-10(3)16-13/h9-12H,4-8H2,1-3H3,(H2,14,15,16). The van der Waals surface area contributed by atoms with Crippen molar-refractivity contribution in [2.75, 3.05) is 19.7 Å². The first-order valence-corrected chi connectivity index (χ1v) is 6.81. The second kappa shape index (κ2) is 5.71.